The number of ether oxygens (including phenoxy) is 2. The Morgan fingerprint density at radius 1 is 1.43 bits per heavy atom. The summed E-state index contributed by atoms with van der Waals surface area (Å²) >= 11 is 12.3. The molecule has 5 heteroatoms. The monoisotopic (exact) mass is 331 g/mol. The average molecular weight is 332 g/mol. The molecule has 21 heavy (non-hydrogen) atoms. The van der Waals surface area contributed by atoms with E-state index in [9.17, 15) is 0 Å². The Morgan fingerprint density at radius 2 is 2.24 bits per heavy atom. The van der Waals surface area contributed by atoms with Crippen molar-refractivity contribution >= 4 is 23.2 Å². The Bertz CT molecular complexity index is 470. The minimum atomic E-state index is 0.0746. The SMILES string of the molecule is COCCNCC1(Cc2ccc(Cl)cc2Cl)CCOC1C. The quantitative estimate of drug-likeness (QED) is 0.775. The molecule has 0 saturated carbocycles. The molecule has 0 aliphatic carbocycles. The molecule has 118 valence electrons. The lowest BCUT2D eigenvalue weighted by atomic mass is 9.76. The van der Waals surface area contributed by atoms with Gasteiger partial charge in [0, 0.05) is 42.3 Å². The fourth-order valence-electron chi connectivity index (χ4n) is 2.90. The maximum absolute atomic E-state index is 6.34. The van der Waals surface area contributed by atoms with Crippen molar-refractivity contribution in [3.05, 3.63) is 33.8 Å². The highest BCUT2D eigenvalue weighted by atomic mass is 35.5. The molecule has 1 fully saturated rings. The van der Waals surface area contributed by atoms with E-state index in [-0.39, 0.29) is 11.5 Å². The van der Waals surface area contributed by atoms with Crippen LogP contribution in [0.15, 0.2) is 18.2 Å². The van der Waals surface area contributed by atoms with E-state index in [1.165, 1.54) is 0 Å². The van der Waals surface area contributed by atoms with Crippen LogP contribution in [0.3, 0.4) is 0 Å². The Labute approximate surface area is 136 Å². The van der Waals surface area contributed by atoms with Crippen molar-refractivity contribution in [2.24, 2.45) is 5.41 Å². The minimum absolute atomic E-state index is 0.0746. The molecule has 1 saturated heterocycles. The van der Waals surface area contributed by atoms with Gasteiger partial charge < -0.3 is 14.8 Å². The Kier molecular flexibility index (Phi) is 6.33. The van der Waals surface area contributed by atoms with Crippen LogP contribution in [-0.4, -0.2) is 39.5 Å². The van der Waals surface area contributed by atoms with Crippen LogP contribution in [0.5, 0.6) is 0 Å². The van der Waals surface area contributed by atoms with Crippen molar-refractivity contribution in [2.45, 2.75) is 25.9 Å². The van der Waals surface area contributed by atoms with Crippen LogP contribution in [0.2, 0.25) is 10.0 Å². The standard InChI is InChI=1S/C16H23Cl2NO2/c1-12-16(5-7-21-12,11-19-6-8-20-2)10-13-3-4-14(17)9-15(13)18/h3-4,9,12,19H,5-8,10-11H2,1-2H3. The normalized spacial score (nSPS) is 25.4. The first kappa shape index (κ1) is 17.0. The van der Waals surface area contributed by atoms with Crippen LogP contribution in [0.1, 0.15) is 18.9 Å². The van der Waals surface area contributed by atoms with Gasteiger partial charge in [0.1, 0.15) is 0 Å². The van der Waals surface area contributed by atoms with Gasteiger partial charge in [-0.15, -0.1) is 0 Å². The summed E-state index contributed by atoms with van der Waals surface area (Å²) in [5, 5.41) is 4.88. The van der Waals surface area contributed by atoms with Gasteiger partial charge in [-0.1, -0.05) is 29.3 Å². The van der Waals surface area contributed by atoms with Gasteiger partial charge in [-0.2, -0.15) is 0 Å². The Hall–Kier alpha value is -0.320. The van der Waals surface area contributed by atoms with Crippen molar-refractivity contribution in [3.8, 4) is 0 Å². The molecule has 1 N–H and O–H groups in total. The highest BCUT2D eigenvalue weighted by Gasteiger charge is 2.41. The zero-order chi connectivity index (χ0) is 15.3. The predicted molar refractivity (Wildman–Crippen MR) is 87.4 cm³/mol. The lowest BCUT2D eigenvalue weighted by Gasteiger charge is -2.33. The summed E-state index contributed by atoms with van der Waals surface area (Å²) in [7, 11) is 1.71. The molecule has 1 aromatic carbocycles. The highest BCUT2D eigenvalue weighted by molar-refractivity contribution is 6.35. The maximum Gasteiger partial charge on any atom is 0.0619 e. The fraction of sp³-hybridized carbons (Fsp3) is 0.625. The van der Waals surface area contributed by atoms with Gasteiger partial charge in [-0.05, 0) is 37.5 Å². The van der Waals surface area contributed by atoms with Gasteiger partial charge in [-0.25, -0.2) is 0 Å². The molecule has 0 amide bonds. The first-order valence-corrected chi connectivity index (χ1v) is 8.08. The van der Waals surface area contributed by atoms with E-state index in [0.717, 1.165) is 43.1 Å². The summed E-state index contributed by atoms with van der Waals surface area (Å²) in [5.41, 5.74) is 1.21. The van der Waals surface area contributed by atoms with Gasteiger partial charge in [0.15, 0.2) is 0 Å². The molecule has 1 aromatic rings. The third-order valence-corrected chi connectivity index (χ3v) is 4.93. The molecule has 2 unspecified atom stereocenters. The van der Waals surface area contributed by atoms with E-state index in [4.69, 9.17) is 32.7 Å². The average Bonchev–Trinajstić information content (AvgIpc) is 2.80. The van der Waals surface area contributed by atoms with Crippen LogP contribution in [0.4, 0.5) is 0 Å². The van der Waals surface area contributed by atoms with E-state index in [2.05, 4.69) is 12.2 Å². The summed E-state index contributed by atoms with van der Waals surface area (Å²) in [5.74, 6) is 0. The van der Waals surface area contributed by atoms with Crippen molar-refractivity contribution in [3.63, 3.8) is 0 Å². The molecule has 0 bridgehead atoms. The number of rotatable bonds is 7. The van der Waals surface area contributed by atoms with E-state index in [0.29, 0.717) is 11.6 Å². The van der Waals surface area contributed by atoms with Crippen LogP contribution in [0, 0.1) is 5.41 Å². The third-order valence-electron chi connectivity index (χ3n) is 4.35. The van der Waals surface area contributed by atoms with Crippen LogP contribution in [0.25, 0.3) is 0 Å². The summed E-state index contributed by atoms with van der Waals surface area (Å²) < 4.78 is 10.9. The van der Waals surface area contributed by atoms with Crippen LogP contribution < -0.4 is 5.32 Å². The second-order valence-corrected chi connectivity index (χ2v) is 6.55. The first-order chi connectivity index (χ1) is 10.1. The fourth-order valence-corrected chi connectivity index (χ4v) is 3.38. The number of benzene rings is 1. The number of methoxy groups -OCH3 is 1. The van der Waals surface area contributed by atoms with Gasteiger partial charge in [0.2, 0.25) is 0 Å². The molecule has 3 nitrogen and oxygen atoms in total. The summed E-state index contributed by atoms with van der Waals surface area (Å²) in [6.45, 7) is 5.41. The predicted octanol–water partition coefficient (Wildman–Crippen LogP) is 3.57. The number of nitrogens with one attached hydrogen (secondary N) is 1. The van der Waals surface area contributed by atoms with E-state index in [1.807, 2.05) is 18.2 Å². The molecular formula is C16H23Cl2NO2. The lowest BCUT2D eigenvalue weighted by Crippen LogP contribution is -2.42. The van der Waals surface area contributed by atoms with Crippen molar-refractivity contribution in [1.29, 1.82) is 0 Å². The minimum Gasteiger partial charge on any atom is -0.383 e. The summed E-state index contributed by atoms with van der Waals surface area (Å²) in [6, 6.07) is 5.73. The van der Waals surface area contributed by atoms with Crippen molar-refractivity contribution < 1.29 is 9.47 Å². The topological polar surface area (TPSA) is 30.5 Å². The second kappa shape index (κ2) is 7.80. The Morgan fingerprint density at radius 3 is 2.86 bits per heavy atom. The molecule has 2 rings (SSSR count). The summed E-state index contributed by atoms with van der Waals surface area (Å²) in [6.07, 6.45) is 2.14. The largest absolute Gasteiger partial charge is 0.383 e. The Balaban J connectivity index is 2.09. The molecule has 0 radical (unpaired) electrons. The zero-order valence-electron chi connectivity index (χ0n) is 12.6. The molecule has 0 aromatic heterocycles. The first-order valence-electron chi connectivity index (χ1n) is 7.32. The van der Waals surface area contributed by atoms with Crippen LogP contribution >= 0.6 is 23.2 Å². The molecule has 0 spiro atoms. The number of hydrogen-bond acceptors (Lipinski definition) is 3. The lowest BCUT2D eigenvalue weighted by molar-refractivity contribution is 0.0620. The number of hydrogen-bond donors (Lipinski definition) is 1. The van der Waals surface area contributed by atoms with Gasteiger partial charge in [-0.3, -0.25) is 0 Å². The molecule has 1 heterocycles. The van der Waals surface area contributed by atoms with Gasteiger partial charge in [0.05, 0.1) is 12.7 Å². The molecule has 1 aliphatic rings. The van der Waals surface area contributed by atoms with E-state index in [1.54, 1.807) is 7.11 Å². The highest BCUT2D eigenvalue weighted by Crippen LogP contribution is 2.39. The van der Waals surface area contributed by atoms with Crippen molar-refractivity contribution in [2.75, 3.05) is 33.4 Å². The van der Waals surface area contributed by atoms with Crippen molar-refractivity contribution in [1.82, 2.24) is 5.32 Å². The van der Waals surface area contributed by atoms with E-state index >= 15 is 0 Å². The molecular weight excluding hydrogens is 309 g/mol. The number of halogens is 2. The smallest absolute Gasteiger partial charge is 0.0619 e. The zero-order valence-corrected chi connectivity index (χ0v) is 14.1. The second-order valence-electron chi connectivity index (χ2n) is 5.71. The van der Waals surface area contributed by atoms with E-state index < -0.39 is 0 Å². The van der Waals surface area contributed by atoms with Crippen LogP contribution in [-0.2, 0) is 15.9 Å². The van der Waals surface area contributed by atoms with Gasteiger partial charge in [0.25, 0.3) is 0 Å². The molecule has 2 atom stereocenters. The third kappa shape index (κ3) is 4.33. The van der Waals surface area contributed by atoms with Gasteiger partial charge >= 0.3 is 0 Å². The molecule has 1 aliphatic heterocycles. The maximum atomic E-state index is 6.34. The summed E-state index contributed by atoms with van der Waals surface area (Å²) in [4.78, 5) is 0.